The SMILES string of the molecule is CC(C)[C@H]1C[C@@H](O[Si](C)(C)C(C)(C)C)[C@](C)(CC[C@@]2(C)C(=O)CCC[C@H]2O)C1=O. The van der Waals surface area contributed by atoms with Crippen molar-refractivity contribution in [2.45, 2.75) is 117 Å². The lowest BCUT2D eigenvalue weighted by Gasteiger charge is -2.44. The van der Waals surface area contributed by atoms with Crippen molar-refractivity contribution in [3.8, 4) is 0 Å². The van der Waals surface area contributed by atoms with Gasteiger partial charge in [-0.3, -0.25) is 9.59 Å². The Balaban J connectivity index is 2.30. The highest BCUT2D eigenvalue weighted by Crippen LogP contribution is 2.51. The molecule has 0 heterocycles. The molecule has 0 radical (unpaired) electrons. The van der Waals surface area contributed by atoms with E-state index in [1.165, 1.54) is 0 Å². The van der Waals surface area contributed by atoms with E-state index in [0.717, 1.165) is 12.8 Å². The summed E-state index contributed by atoms with van der Waals surface area (Å²) in [4.78, 5) is 26.2. The maximum absolute atomic E-state index is 13.5. The van der Waals surface area contributed by atoms with Gasteiger partial charge in [-0.05, 0) is 56.2 Å². The summed E-state index contributed by atoms with van der Waals surface area (Å²) in [7, 11) is -2.04. The van der Waals surface area contributed by atoms with E-state index < -0.39 is 25.3 Å². The smallest absolute Gasteiger partial charge is 0.192 e. The summed E-state index contributed by atoms with van der Waals surface area (Å²) in [6.07, 6.45) is 3.19. The van der Waals surface area contributed by atoms with Crippen molar-refractivity contribution >= 4 is 19.9 Å². The molecule has 4 nitrogen and oxygen atoms in total. The number of hydrogen-bond acceptors (Lipinski definition) is 4. The lowest BCUT2D eigenvalue weighted by Crippen LogP contribution is -2.49. The van der Waals surface area contributed by atoms with Gasteiger partial charge < -0.3 is 9.53 Å². The van der Waals surface area contributed by atoms with E-state index in [1.54, 1.807) is 0 Å². The van der Waals surface area contributed by atoms with Crippen molar-refractivity contribution in [1.82, 2.24) is 0 Å². The zero-order valence-corrected chi connectivity index (χ0v) is 21.2. The maximum atomic E-state index is 13.5. The number of aliphatic hydroxyl groups is 1. The standard InChI is InChI=1S/C24H44O4Si/c1-16(2)17-15-20(28-29(8,9)22(3,4)5)24(7,21(17)27)14-13-23(6)18(25)11-10-12-19(23)26/h16-18,20,25H,10-15H2,1-9H3/t17-,18-,20-,23-,24+/m1/s1. The molecule has 5 heteroatoms. The van der Waals surface area contributed by atoms with Crippen molar-refractivity contribution in [3.05, 3.63) is 0 Å². The minimum atomic E-state index is -2.04. The monoisotopic (exact) mass is 424 g/mol. The maximum Gasteiger partial charge on any atom is 0.192 e. The Bertz CT molecular complexity index is 635. The Hall–Kier alpha value is -0.523. The van der Waals surface area contributed by atoms with E-state index >= 15 is 0 Å². The molecule has 0 unspecified atom stereocenters. The van der Waals surface area contributed by atoms with Gasteiger partial charge in [-0.25, -0.2) is 0 Å². The van der Waals surface area contributed by atoms with Crippen LogP contribution in [0.25, 0.3) is 0 Å². The quantitative estimate of drug-likeness (QED) is 0.570. The predicted molar refractivity (Wildman–Crippen MR) is 120 cm³/mol. The summed E-state index contributed by atoms with van der Waals surface area (Å²) in [5, 5.41) is 10.7. The predicted octanol–water partition coefficient (Wildman–Crippen LogP) is 5.53. The van der Waals surface area contributed by atoms with Gasteiger partial charge in [-0.15, -0.1) is 0 Å². The second kappa shape index (κ2) is 8.20. The van der Waals surface area contributed by atoms with Crippen LogP contribution in [0.4, 0.5) is 0 Å². The molecule has 168 valence electrons. The molecule has 1 N–H and O–H groups in total. The molecule has 0 aromatic heterocycles. The fraction of sp³-hybridized carbons (Fsp3) is 0.917. The van der Waals surface area contributed by atoms with Gasteiger partial charge in [0.25, 0.3) is 0 Å². The van der Waals surface area contributed by atoms with Crippen LogP contribution in [0.15, 0.2) is 0 Å². The highest BCUT2D eigenvalue weighted by molar-refractivity contribution is 6.74. The van der Waals surface area contributed by atoms with Gasteiger partial charge in [0.1, 0.15) is 11.6 Å². The van der Waals surface area contributed by atoms with Gasteiger partial charge >= 0.3 is 0 Å². The molecule has 29 heavy (non-hydrogen) atoms. The van der Waals surface area contributed by atoms with Crippen LogP contribution >= 0.6 is 0 Å². The highest BCUT2D eigenvalue weighted by atomic mass is 28.4. The Morgan fingerprint density at radius 1 is 1.14 bits per heavy atom. The minimum Gasteiger partial charge on any atom is -0.413 e. The molecule has 2 aliphatic carbocycles. The van der Waals surface area contributed by atoms with Crippen molar-refractivity contribution in [2.75, 3.05) is 0 Å². The first-order valence-corrected chi connectivity index (χ1v) is 14.4. The second-order valence-electron chi connectivity index (χ2n) is 12.0. The molecule has 2 aliphatic rings. The van der Waals surface area contributed by atoms with E-state index in [-0.39, 0.29) is 34.5 Å². The zero-order chi connectivity index (χ0) is 22.4. The Labute approximate surface area is 179 Å². The number of hydrogen-bond donors (Lipinski definition) is 1. The van der Waals surface area contributed by atoms with Gasteiger partial charge in [-0.1, -0.05) is 48.5 Å². The van der Waals surface area contributed by atoms with Gasteiger partial charge in [0.2, 0.25) is 0 Å². The van der Waals surface area contributed by atoms with Gasteiger partial charge in [0.05, 0.1) is 23.0 Å². The van der Waals surface area contributed by atoms with Gasteiger partial charge in [0.15, 0.2) is 8.32 Å². The zero-order valence-electron chi connectivity index (χ0n) is 20.2. The van der Waals surface area contributed by atoms with Crippen LogP contribution in [0.5, 0.6) is 0 Å². The summed E-state index contributed by atoms with van der Waals surface area (Å²) in [6, 6.07) is 0. The molecule has 0 saturated heterocycles. The molecule has 0 aromatic rings. The number of Topliss-reactive ketones (excluding diaryl/α,β-unsaturated/α-hetero) is 2. The molecule has 0 aromatic carbocycles. The normalized spacial score (nSPS) is 36.9. The van der Waals surface area contributed by atoms with E-state index in [2.05, 4.69) is 54.6 Å². The second-order valence-corrected chi connectivity index (χ2v) is 16.7. The third-order valence-electron chi connectivity index (χ3n) is 8.54. The van der Waals surface area contributed by atoms with Crippen LogP contribution < -0.4 is 0 Å². The lowest BCUT2D eigenvalue weighted by atomic mass is 9.66. The van der Waals surface area contributed by atoms with Crippen molar-refractivity contribution in [3.63, 3.8) is 0 Å². The number of carbonyl (C=O) groups is 2. The molecular formula is C24H44O4Si. The van der Waals surface area contributed by atoms with Crippen molar-refractivity contribution in [1.29, 1.82) is 0 Å². The average Bonchev–Trinajstić information content (AvgIpc) is 2.82. The number of carbonyl (C=O) groups excluding carboxylic acids is 2. The van der Waals surface area contributed by atoms with Crippen LogP contribution in [-0.4, -0.2) is 37.2 Å². The average molecular weight is 425 g/mol. The van der Waals surface area contributed by atoms with Gasteiger partial charge in [-0.2, -0.15) is 0 Å². The summed E-state index contributed by atoms with van der Waals surface area (Å²) in [5.41, 5.74) is -1.33. The lowest BCUT2D eigenvalue weighted by molar-refractivity contribution is -0.142. The first-order chi connectivity index (χ1) is 13.1. The minimum absolute atomic E-state index is 0.00885. The molecule has 2 rings (SSSR count). The third-order valence-corrected chi connectivity index (χ3v) is 13.0. The molecule has 0 amide bonds. The largest absolute Gasteiger partial charge is 0.413 e. The Morgan fingerprint density at radius 3 is 2.17 bits per heavy atom. The fourth-order valence-corrected chi connectivity index (χ4v) is 6.24. The van der Waals surface area contributed by atoms with Crippen LogP contribution in [0.2, 0.25) is 18.1 Å². The van der Waals surface area contributed by atoms with Crippen LogP contribution in [0.1, 0.15) is 87.0 Å². The number of ketones is 2. The van der Waals surface area contributed by atoms with Crippen LogP contribution in [0.3, 0.4) is 0 Å². The third kappa shape index (κ3) is 4.57. The fourth-order valence-electron chi connectivity index (χ4n) is 4.82. The molecule has 0 spiro atoms. The molecule has 2 fully saturated rings. The molecule has 0 aliphatic heterocycles. The van der Waals surface area contributed by atoms with Crippen molar-refractivity contribution < 1.29 is 19.1 Å². The van der Waals surface area contributed by atoms with Crippen LogP contribution in [-0.2, 0) is 14.0 Å². The van der Waals surface area contributed by atoms with E-state index in [0.29, 0.717) is 25.7 Å². The van der Waals surface area contributed by atoms with E-state index in [4.69, 9.17) is 4.43 Å². The summed E-state index contributed by atoms with van der Waals surface area (Å²) in [5.74, 6) is 0.729. The Morgan fingerprint density at radius 2 is 1.69 bits per heavy atom. The van der Waals surface area contributed by atoms with Crippen molar-refractivity contribution in [2.24, 2.45) is 22.7 Å². The topological polar surface area (TPSA) is 63.6 Å². The summed E-state index contributed by atoms with van der Waals surface area (Å²) < 4.78 is 6.83. The summed E-state index contributed by atoms with van der Waals surface area (Å²) >= 11 is 0. The van der Waals surface area contributed by atoms with E-state index in [9.17, 15) is 14.7 Å². The van der Waals surface area contributed by atoms with E-state index in [1.807, 2.05) is 6.92 Å². The molecule has 2 saturated carbocycles. The Kier molecular flexibility index (Phi) is 6.99. The van der Waals surface area contributed by atoms with Crippen LogP contribution in [0, 0.1) is 22.7 Å². The number of rotatable bonds is 6. The molecule has 5 atom stereocenters. The highest BCUT2D eigenvalue weighted by Gasteiger charge is 2.56. The number of aliphatic hydroxyl groups excluding tert-OH is 1. The first-order valence-electron chi connectivity index (χ1n) is 11.5. The molecule has 0 bridgehead atoms. The molecular weight excluding hydrogens is 380 g/mol. The van der Waals surface area contributed by atoms with Gasteiger partial charge in [0, 0.05) is 12.3 Å². The first kappa shape index (κ1) is 24.7. The summed E-state index contributed by atoms with van der Waals surface area (Å²) in [6.45, 7) is 19.4.